The van der Waals surface area contributed by atoms with Crippen molar-refractivity contribution in [2.75, 3.05) is 52.5 Å². The molecule has 0 aromatic heterocycles. The van der Waals surface area contributed by atoms with E-state index in [1.165, 1.54) is 0 Å². The van der Waals surface area contributed by atoms with Gasteiger partial charge in [0.1, 0.15) is 0 Å². The van der Waals surface area contributed by atoms with Crippen LogP contribution in [0.25, 0.3) is 0 Å². The second-order valence-corrected chi connectivity index (χ2v) is 6.41. The molecule has 1 amide bonds. The van der Waals surface area contributed by atoms with Gasteiger partial charge in [-0.2, -0.15) is 0 Å². The van der Waals surface area contributed by atoms with Crippen molar-refractivity contribution in [1.82, 2.24) is 15.5 Å². The fourth-order valence-electron chi connectivity index (χ4n) is 3.56. The Bertz CT molecular complexity index is 494. The fourth-order valence-corrected chi connectivity index (χ4v) is 3.56. The number of rotatable bonds is 5. The van der Waals surface area contributed by atoms with E-state index >= 15 is 0 Å². The standard InChI is InChI=1S/C18H27N3O2/c22-17(20-10-13-21-11-8-19-9-12-21)18(6-14-23-15-7-18)16-4-2-1-3-5-16/h1-5,19H,6-15H2,(H,20,22). The third-order valence-electron chi connectivity index (χ3n) is 5.03. The van der Waals surface area contributed by atoms with Crippen LogP contribution in [0.5, 0.6) is 0 Å². The molecule has 2 aliphatic heterocycles. The molecule has 1 aromatic carbocycles. The lowest BCUT2D eigenvalue weighted by Crippen LogP contribution is -2.51. The maximum absolute atomic E-state index is 13.0. The molecule has 3 rings (SSSR count). The van der Waals surface area contributed by atoms with Crippen LogP contribution in [0.3, 0.4) is 0 Å². The number of carbonyl (C=O) groups is 1. The number of piperazine rings is 1. The first-order chi connectivity index (χ1) is 11.3. The molecule has 1 aromatic rings. The monoisotopic (exact) mass is 317 g/mol. The normalized spacial score (nSPS) is 21.7. The second-order valence-electron chi connectivity index (χ2n) is 6.41. The maximum Gasteiger partial charge on any atom is 0.230 e. The van der Waals surface area contributed by atoms with Crippen molar-refractivity contribution in [3.63, 3.8) is 0 Å². The van der Waals surface area contributed by atoms with E-state index in [0.717, 1.165) is 51.1 Å². The minimum Gasteiger partial charge on any atom is -0.381 e. The van der Waals surface area contributed by atoms with Crippen LogP contribution < -0.4 is 10.6 Å². The zero-order valence-corrected chi connectivity index (χ0v) is 13.7. The number of hydrogen-bond donors (Lipinski definition) is 2. The van der Waals surface area contributed by atoms with Crippen molar-refractivity contribution in [2.24, 2.45) is 0 Å². The molecule has 0 unspecified atom stereocenters. The predicted molar refractivity (Wildman–Crippen MR) is 90.5 cm³/mol. The molecule has 0 spiro atoms. The minimum absolute atomic E-state index is 0.155. The zero-order chi connectivity index (χ0) is 16.0. The second kappa shape index (κ2) is 7.90. The summed E-state index contributed by atoms with van der Waals surface area (Å²) in [5.41, 5.74) is 0.686. The van der Waals surface area contributed by atoms with Crippen LogP contribution in [-0.4, -0.2) is 63.3 Å². The molecule has 0 saturated carbocycles. The largest absolute Gasteiger partial charge is 0.381 e. The van der Waals surface area contributed by atoms with E-state index < -0.39 is 5.41 Å². The molecule has 2 aliphatic rings. The van der Waals surface area contributed by atoms with Gasteiger partial charge in [0.15, 0.2) is 0 Å². The average Bonchev–Trinajstić information content (AvgIpc) is 2.64. The zero-order valence-electron chi connectivity index (χ0n) is 13.7. The molecule has 2 saturated heterocycles. The molecule has 126 valence electrons. The van der Waals surface area contributed by atoms with Crippen molar-refractivity contribution >= 4 is 5.91 Å². The lowest BCUT2D eigenvalue weighted by atomic mass is 9.73. The van der Waals surface area contributed by atoms with Crippen LogP contribution in [0.1, 0.15) is 18.4 Å². The lowest BCUT2D eigenvalue weighted by molar-refractivity contribution is -0.130. The number of nitrogens with one attached hydrogen (secondary N) is 2. The van der Waals surface area contributed by atoms with E-state index in [1.807, 2.05) is 18.2 Å². The third-order valence-corrected chi connectivity index (χ3v) is 5.03. The number of hydrogen-bond acceptors (Lipinski definition) is 4. The Morgan fingerprint density at radius 1 is 1.17 bits per heavy atom. The van der Waals surface area contributed by atoms with E-state index in [2.05, 4.69) is 27.7 Å². The number of amides is 1. The van der Waals surface area contributed by atoms with Gasteiger partial charge >= 0.3 is 0 Å². The van der Waals surface area contributed by atoms with Gasteiger partial charge in [0, 0.05) is 52.5 Å². The van der Waals surface area contributed by atoms with Gasteiger partial charge in [0.2, 0.25) is 5.91 Å². The summed E-state index contributed by atoms with van der Waals surface area (Å²) in [5.74, 6) is 0.155. The van der Waals surface area contributed by atoms with Gasteiger partial charge in [-0.15, -0.1) is 0 Å². The predicted octanol–water partition coefficient (Wildman–Crippen LogP) is 0.756. The van der Waals surface area contributed by atoms with E-state index in [4.69, 9.17) is 4.74 Å². The molecule has 5 nitrogen and oxygen atoms in total. The van der Waals surface area contributed by atoms with Gasteiger partial charge < -0.3 is 15.4 Å². The molecule has 23 heavy (non-hydrogen) atoms. The van der Waals surface area contributed by atoms with Crippen LogP contribution >= 0.6 is 0 Å². The van der Waals surface area contributed by atoms with Crippen molar-refractivity contribution in [2.45, 2.75) is 18.3 Å². The van der Waals surface area contributed by atoms with E-state index in [9.17, 15) is 4.79 Å². The highest BCUT2D eigenvalue weighted by Gasteiger charge is 2.41. The van der Waals surface area contributed by atoms with E-state index in [1.54, 1.807) is 0 Å². The quantitative estimate of drug-likeness (QED) is 0.842. The van der Waals surface area contributed by atoms with E-state index in [-0.39, 0.29) is 5.91 Å². The molecule has 2 N–H and O–H groups in total. The summed E-state index contributed by atoms with van der Waals surface area (Å²) in [6, 6.07) is 10.2. The van der Waals surface area contributed by atoms with Gasteiger partial charge in [0.25, 0.3) is 0 Å². The van der Waals surface area contributed by atoms with Crippen LogP contribution in [0.4, 0.5) is 0 Å². The SMILES string of the molecule is O=C(NCCN1CCNCC1)C1(c2ccccc2)CCOCC1. The van der Waals surface area contributed by atoms with Crippen LogP contribution in [0.2, 0.25) is 0 Å². The van der Waals surface area contributed by atoms with Gasteiger partial charge in [0.05, 0.1) is 5.41 Å². The fraction of sp³-hybridized carbons (Fsp3) is 0.611. The van der Waals surface area contributed by atoms with Crippen LogP contribution in [0, 0.1) is 0 Å². The van der Waals surface area contributed by atoms with Crippen molar-refractivity contribution in [1.29, 1.82) is 0 Å². The molecular weight excluding hydrogens is 290 g/mol. The van der Waals surface area contributed by atoms with Crippen molar-refractivity contribution in [3.05, 3.63) is 35.9 Å². The molecule has 2 fully saturated rings. The summed E-state index contributed by atoms with van der Waals surface area (Å²) in [6.45, 7) is 7.16. The molecular formula is C18H27N3O2. The van der Waals surface area contributed by atoms with Crippen LogP contribution in [0.15, 0.2) is 30.3 Å². The highest BCUT2D eigenvalue weighted by Crippen LogP contribution is 2.35. The topological polar surface area (TPSA) is 53.6 Å². The number of nitrogens with zero attached hydrogens (tertiary/aromatic N) is 1. The Balaban J connectivity index is 1.61. The number of carbonyl (C=O) groups excluding carboxylic acids is 1. The molecule has 0 atom stereocenters. The average molecular weight is 317 g/mol. The Kier molecular flexibility index (Phi) is 5.65. The van der Waals surface area contributed by atoms with Crippen molar-refractivity contribution < 1.29 is 9.53 Å². The maximum atomic E-state index is 13.0. The summed E-state index contributed by atoms with van der Waals surface area (Å²) in [5, 5.41) is 6.53. The summed E-state index contributed by atoms with van der Waals surface area (Å²) in [7, 11) is 0. The molecule has 0 bridgehead atoms. The Morgan fingerprint density at radius 3 is 2.57 bits per heavy atom. The highest BCUT2D eigenvalue weighted by molar-refractivity contribution is 5.88. The van der Waals surface area contributed by atoms with Gasteiger partial charge in [-0.1, -0.05) is 30.3 Å². The summed E-state index contributed by atoms with van der Waals surface area (Å²) >= 11 is 0. The first kappa shape index (κ1) is 16.4. The van der Waals surface area contributed by atoms with E-state index in [0.29, 0.717) is 19.8 Å². The molecule has 0 radical (unpaired) electrons. The summed E-state index contributed by atoms with van der Waals surface area (Å²) < 4.78 is 5.50. The third kappa shape index (κ3) is 3.91. The first-order valence-electron chi connectivity index (χ1n) is 8.66. The smallest absolute Gasteiger partial charge is 0.230 e. The minimum atomic E-state index is -0.428. The molecule has 5 heteroatoms. The Hall–Kier alpha value is -1.43. The Labute approximate surface area is 138 Å². The molecule has 0 aliphatic carbocycles. The first-order valence-corrected chi connectivity index (χ1v) is 8.66. The number of ether oxygens (including phenoxy) is 1. The Morgan fingerprint density at radius 2 is 1.87 bits per heavy atom. The number of benzene rings is 1. The van der Waals surface area contributed by atoms with Gasteiger partial charge in [-0.3, -0.25) is 9.69 Å². The van der Waals surface area contributed by atoms with Crippen LogP contribution in [-0.2, 0) is 14.9 Å². The van der Waals surface area contributed by atoms with Crippen molar-refractivity contribution in [3.8, 4) is 0 Å². The lowest BCUT2D eigenvalue weighted by Gasteiger charge is -2.36. The van der Waals surface area contributed by atoms with Gasteiger partial charge in [-0.25, -0.2) is 0 Å². The van der Waals surface area contributed by atoms with Gasteiger partial charge in [-0.05, 0) is 18.4 Å². The summed E-state index contributed by atoms with van der Waals surface area (Å²) in [6.07, 6.45) is 1.52. The summed E-state index contributed by atoms with van der Waals surface area (Å²) in [4.78, 5) is 15.4. The highest BCUT2D eigenvalue weighted by atomic mass is 16.5. The molecule has 2 heterocycles.